The second kappa shape index (κ2) is 6.21. The standard InChI is InChI=1S/C12H24N2O2/c1-3-7-12(2,13)11(15)14-9-10-6-4-5-8-16-10/h10H,3-9,13H2,1-2H3,(H,14,15). The smallest absolute Gasteiger partial charge is 0.239 e. The predicted molar refractivity (Wildman–Crippen MR) is 64.1 cm³/mol. The van der Waals surface area contributed by atoms with Gasteiger partial charge in [0, 0.05) is 13.2 Å². The average molecular weight is 228 g/mol. The molecule has 0 bridgehead atoms. The Morgan fingerprint density at radius 2 is 2.31 bits per heavy atom. The van der Waals surface area contributed by atoms with Gasteiger partial charge >= 0.3 is 0 Å². The third-order valence-electron chi connectivity index (χ3n) is 3.05. The lowest BCUT2D eigenvalue weighted by atomic mass is 9.96. The van der Waals surface area contributed by atoms with Gasteiger partial charge in [0.15, 0.2) is 0 Å². The molecule has 2 atom stereocenters. The number of ether oxygens (including phenoxy) is 1. The van der Waals surface area contributed by atoms with Crippen LogP contribution in [0.1, 0.15) is 46.0 Å². The molecule has 2 unspecified atom stereocenters. The lowest BCUT2D eigenvalue weighted by molar-refractivity contribution is -0.127. The predicted octanol–water partition coefficient (Wildman–Crippen LogP) is 1.19. The summed E-state index contributed by atoms with van der Waals surface area (Å²) in [5.41, 5.74) is 5.19. The minimum atomic E-state index is -0.747. The molecule has 0 aromatic rings. The van der Waals surface area contributed by atoms with Gasteiger partial charge in [-0.05, 0) is 32.6 Å². The van der Waals surface area contributed by atoms with Crippen molar-refractivity contribution in [1.29, 1.82) is 0 Å². The minimum Gasteiger partial charge on any atom is -0.376 e. The van der Waals surface area contributed by atoms with Crippen LogP contribution >= 0.6 is 0 Å². The first kappa shape index (κ1) is 13.5. The maximum Gasteiger partial charge on any atom is 0.239 e. The van der Waals surface area contributed by atoms with Gasteiger partial charge in [0.1, 0.15) is 0 Å². The Morgan fingerprint density at radius 3 is 2.88 bits per heavy atom. The molecule has 1 fully saturated rings. The second-order valence-corrected chi connectivity index (χ2v) is 4.87. The van der Waals surface area contributed by atoms with Crippen molar-refractivity contribution < 1.29 is 9.53 Å². The number of hydrogen-bond donors (Lipinski definition) is 2. The zero-order valence-electron chi connectivity index (χ0n) is 10.4. The lowest BCUT2D eigenvalue weighted by Crippen LogP contribution is -2.53. The summed E-state index contributed by atoms with van der Waals surface area (Å²) in [5, 5.41) is 2.89. The Kier molecular flexibility index (Phi) is 5.22. The number of nitrogens with two attached hydrogens (primary N) is 1. The van der Waals surface area contributed by atoms with Crippen molar-refractivity contribution in [3.05, 3.63) is 0 Å². The normalized spacial score (nSPS) is 24.8. The molecule has 4 heteroatoms. The van der Waals surface area contributed by atoms with E-state index in [0.717, 1.165) is 25.9 Å². The first-order valence-corrected chi connectivity index (χ1v) is 6.25. The van der Waals surface area contributed by atoms with Crippen LogP contribution < -0.4 is 11.1 Å². The van der Waals surface area contributed by atoms with Crippen molar-refractivity contribution in [3.63, 3.8) is 0 Å². The summed E-state index contributed by atoms with van der Waals surface area (Å²) < 4.78 is 5.55. The Balaban J connectivity index is 2.28. The number of rotatable bonds is 5. The van der Waals surface area contributed by atoms with E-state index < -0.39 is 5.54 Å². The van der Waals surface area contributed by atoms with E-state index in [-0.39, 0.29) is 12.0 Å². The quantitative estimate of drug-likeness (QED) is 0.743. The third-order valence-corrected chi connectivity index (χ3v) is 3.05. The maximum absolute atomic E-state index is 11.8. The van der Waals surface area contributed by atoms with Gasteiger partial charge in [-0.15, -0.1) is 0 Å². The van der Waals surface area contributed by atoms with Gasteiger partial charge in [-0.1, -0.05) is 13.3 Å². The molecule has 0 aromatic carbocycles. The van der Waals surface area contributed by atoms with Gasteiger partial charge in [-0.3, -0.25) is 4.79 Å². The van der Waals surface area contributed by atoms with Crippen molar-refractivity contribution in [2.45, 2.75) is 57.6 Å². The van der Waals surface area contributed by atoms with Gasteiger partial charge < -0.3 is 15.8 Å². The summed E-state index contributed by atoms with van der Waals surface area (Å²) in [6, 6.07) is 0. The van der Waals surface area contributed by atoms with Crippen molar-refractivity contribution in [2.75, 3.05) is 13.2 Å². The van der Waals surface area contributed by atoms with E-state index in [9.17, 15) is 4.79 Å². The van der Waals surface area contributed by atoms with Gasteiger partial charge in [-0.25, -0.2) is 0 Å². The fourth-order valence-electron chi connectivity index (χ4n) is 2.01. The molecule has 0 radical (unpaired) electrons. The highest BCUT2D eigenvalue weighted by molar-refractivity contribution is 5.85. The fourth-order valence-corrected chi connectivity index (χ4v) is 2.01. The molecule has 0 aliphatic carbocycles. The highest BCUT2D eigenvalue weighted by Gasteiger charge is 2.27. The zero-order valence-corrected chi connectivity index (χ0v) is 10.4. The molecule has 1 saturated heterocycles. The second-order valence-electron chi connectivity index (χ2n) is 4.87. The van der Waals surface area contributed by atoms with Crippen LogP contribution in [0.5, 0.6) is 0 Å². The lowest BCUT2D eigenvalue weighted by Gasteiger charge is -2.26. The van der Waals surface area contributed by atoms with E-state index in [1.807, 2.05) is 6.92 Å². The average Bonchev–Trinajstić information content (AvgIpc) is 2.27. The Labute approximate surface area is 97.9 Å². The van der Waals surface area contributed by atoms with E-state index >= 15 is 0 Å². The minimum absolute atomic E-state index is 0.0662. The van der Waals surface area contributed by atoms with Crippen molar-refractivity contribution in [1.82, 2.24) is 5.32 Å². The zero-order chi connectivity index (χ0) is 12.0. The number of hydrogen-bond acceptors (Lipinski definition) is 3. The summed E-state index contributed by atoms with van der Waals surface area (Å²) in [7, 11) is 0. The molecule has 16 heavy (non-hydrogen) atoms. The number of carbonyl (C=O) groups excluding carboxylic acids is 1. The van der Waals surface area contributed by atoms with Crippen LogP contribution in [-0.2, 0) is 9.53 Å². The van der Waals surface area contributed by atoms with Gasteiger partial charge in [-0.2, -0.15) is 0 Å². The molecule has 4 nitrogen and oxygen atoms in total. The number of carbonyl (C=O) groups is 1. The summed E-state index contributed by atoms with van der Waals surface area (Å²) in [4.78, 5) is 11.8. The van der Waals surface area contributed by atoms with E-state index in [4.69, 9.17) is 10.5 Å². The van der Waals surface area contributed by atoms with Crippen LogP contribution in [0.4, 0.5) is 0 Å². The van der Waals surface area contributed by atoms with Gasteiger partial charge in [0.25, 0.3) is 0 Å². The first-order chi connectivity index (χ1) is 7.56. The molecule has 1 heterocycles. The van der Waals surface area contributed by atoms with Crippen molar-refractivity contribution >= 4 is 5.91 Å². The van der Waals surface area contributed by atoms with E-state index in [1.165, 1.54) is 6.42 Å². The molecule has 0 saturated carbocycles. The molecule has 3 N–H and O–H groups in total. The number of nitrogens with one attached hydrogen (secondary N) is 1. The maximum atomic E-state index is 11.8. The molecule has 1 amide bonds. The molecular formula is C12H24N2O2. The number of amides is 1. The topological polar surface area (TPSA) is 64.4 Å². The van der Waals surface area contributed by atoms with Crippen LogP contribution in [0.2, 0.25) is 0 Å². The SMILES string of the molecule is CCCC(C)(N)C(=O)NCC1CCCCO1. The highest BCUT2D eigenvalue weighted by Crippen LogP contribution is 2.13. The molecule has 0 aromatic heterocycles. The Morgan fingerprint density at radius 1 is 1.56 bits per heavy atom. The van der Waals surface area contributed by atoms with Gasteiger partial charge in [0.05, 0.1) is 11.6 Å². The van der Waals surface area contributed by atoms with Gasteiger partial charge in [0.2, 0.25) is 5.91 Å². The van der Waals surface area contributed by atoms with Crippen LogP contribution in [0, 0.1) is 0 Å². The van der Waals surface area contributed by atoms with Crippen LogP contribution in [0.15, 0.2) is 0 Å². The highest BCUT2D eigenvalue weighted by atomic mass is 16.5. The monoisotopic (exact) mass is 228 g/mol. The molecule has 1 aliphatic rings. The summed E-state index contributed by atoms with van der Waals surface area (Å²) in [6.07, 6.45) is 5.17. The molecule has 0 spiro atoms. The van der Waals surface area contributed by atoms with Crippen LogP contribution in [-0.4, -0.2) is 30.7 Å². The van der Waals surface area contributed by atoms with E-state index in [1.54, 1.807) is 6.92 Å². The Hall–Kier alpha value is -0.610. The Bertz CT molecular complexity index is 223. The summed E-state index contributed by atoms with van der Waals surface area (Å²) >= 11 is 0. The molecule has 94 valence electrons. The van der Waals surface area contributed by atoms with Crippen molar-refractivity contribution in [2.24, 2.45) is 5.73 Å². The molecule has 1 aliphatic heterocycles. The summed E-state index contributed by atoms with van der Waals surface area (Å²) in [5.74, 6) is -0.0662. The van der Waals surface area contributed by atoms with Crippen LogP contribution in [0.25, 0.3) is 0 Å². The molecule has 1 rings (SSSR count). The summed E-state index contributed by atoms with van der Waals surface area (Å²) in [6.45, 7) is 5.22. The van der Waals surface area contributed by atoms with Crippen molar-refractivity contribution in [3.8, 4) is 0 Å². The third kappa shape index (κ3) is 4.10. The molecular weight excluding hydrogens is 204 g/mol. The largest absolute Gasteiger partial charge is 0.376 e. The van der Waals surface area contributed by atoms with Crippen LogP contribution in [0.3, 0.4) is 0 Å². The fraction of sp³-hybridized carbons (Fsp3) is 0.917. The van der Waals surface area contributed by atoms with E-state index in [0.29, 0.717) is 13.0 Å². The van der Waals surface area contributed by atoms with E-state index in [2.05, 4.69) is 5.32 Å². The first-order valence-electron chi connectivity index (χ1n) is 6.25.